The predicted molar refractivity (Wildman–Crippen MR) is 128 cm³/mol. The van der Waals surface area contributed by atoms with Gasteiger partial charge < -0.3 is 15.5 Å². The fourth-order valence-corrected chi connectivity index (χ4v) is 4.27. The average Bonchev–Trinajstić information content (AvgIpc) is 2.72. The number of carbonyl (C=O) groups excluding carboxylic acids is 2. The zero-order valence-corrected chi connectivity index (χ0v) is 20.6. The quantitative estimate of drug-likeness (QED) is 0.568. The first kappa shape index (κ1) is 24.8. The molecular weight excluding hydrogens is 404 g/mol. The molecule has 0 heterocycles. The third-order valence-electron chi connectivity index (χ3n) is 6.48. The lowest BCUT2D eigenvalue weighted by atomic mass is 9.75. The summed E-state index contributed by atoms with van der Waals surface area (Å²) < 4.78 is 6.19. The highest BCUT2D eigenvalue weighted by Gasteiger charge is 2.40. The minimum absolute atomic E-state index is 0.0671. The molecule has 0 saturated heterocycles. The number of rotatable bonds is 9. The van der Waals surface area contributed by atoms with Crippen molar-refractivity contribution in [2.45, 2.75) is 63.7 Å². The molecule has 2 aromatic rings. The minimum atomic E-state index is -1.95. The Morgan fingerprint density at radius 3 is 1.77 bits per heavy atom. The summed E-state index contributed by atoms with van der Waals surface area (Å²) in [5.74, 6) is -0.823. The van der Waals surface area contributed by atoms with Gasteiger partial charge in [0.2, 0.25) is 11.8 Å². The molecule has 0 radical (unpaired) electrons. The van der Waals surface area contributed by atoms with Crippen molar-refractivity contribution in [2.24, 2.45) is 5.73 Å². The first-order chi connectivity index (χ1) is 14.4. The van der Waals surface area contributed by atoms with E-state index in [1.807, 2.05) is 67.6 Å². The topological polar surface area (TPSA) is 81.4 Å². The molecule has 0 aliphatic heterocycles. The number of hydrogen-bond acceptors (Lipinski definition) is 3. The van der Waals surface area contributed by atoms with Gasteiger partial charge in [-0.2, -0.15) is 0 Å². The molecule has 1 atom stereocenters. The van der Waals surface area contributed by atoms with Crippen LogP contribution < -0.4 is 11.1 Å². The molecule has 0 aromatic heterocycles. The molecule has 0 unspecified atom stereocenters. The van der Waals surface area contributed by atoms with Crippen LogP contribution in [-0.4, -0.2) is 32.8 Å². The maximum Gasteiger partial charge on any atom is 0.240 e. The number of nitrogens with one attached hydrogen (secondary N) is 1. The number of benzene rings is 2. The molecular formula is C25H36N2O3Si. The second kappa shape index (κ2) is 9.79. The van der Waals surface area contributed by atoms with Crippen LogP contribution in [0, 0.1) is 0 Å². The third kappa shape index (κ3) is 5.83. The molecule has 168 valence electrons. The van der Waals surface area contributed by atoms with E-state index in [1.165, 1.54) is 0 Å². The van der Waals surface area contributed by atoms with Crippen molar-refractivity contribution >= 4 is 20.1 Å². The molecule has 2 aromatic carbocycles. The lowest BCUT2D eigenvalue weighted by Crippen LogP contribution is -2.52. The van der Waals surface area contributed by atoms with Crippen molar-refractivity contribution in [3.05, 3.63) is 71.8 Å². The molecule has 0 spiro atoms. The van der Waals surface area contributed by atoms with Crippen LogP contribution in [0.5, 0.6) is 0 Å². The summed E-state index contributed by atoms with van der Waals surface area (Å²) in [4.78, 5) is 25.7. The van der Waals surface area contributed by atoms with Gasteiger partial charge in [0, 0.05) is 6.61 Å². The number of carbonyl (C=O) groups is 2. The summed E-state index contributed by atoms with van der Waals surface area (Å²) in [5, 5.41) is 2.97. The van der Waals surface area contributed by atoms with Gasteiger partial charge in [-0.1, -0.05) is 81.4 Å². The van der Waals surface area contributed by atoms with E-state index in [0.717, 1.165) is 11.1 Å². The number of primary amides is 1. The van der Waals surface area contributed by atoms with Gasteiger partial charge in [0.15, 0.2) is 8.32 Å². The molecule has 6 heteroatoms. The van der Waals surface area contributed by atoms with E-state index in [-0.39, 0.29) is 10.9 Å². The van der Waals surface area contributed by atoms with Crippen molar-refractivity contribution in [2.75, 3.05) is 6.61 Å². The standard InChI is InChI=1S/C25H36N2O3Si/c1-24(2,3)31(5,6)30-18-17-21(22(26)28)27-23(29)25(4,19-13-9-7-10-14-19)20-15-11-8-12-16-20/h7-16,21H,17-18H2,1-6H3,(H2,26,28)(H,27,29)/t21-/m0/s1. The van der Waals surface area contributed by atoms with Crippen LogP contribution in [0.2, 0.25) is 18.1 Å². The van der Waals surface area contributed by atoms with Crippen LogP contribution in [-0.2, 0) is 19.4 Å². The van der Waals surface area contributed by atoms with Crippen LogP contribution >= 0.6 is 0 Å². The van der Waals surface area contributed by atoms with Gasteiger partial charge in [-0.25, -0.2) is 0 Å². The largest absolute Gasteiger partial charge is 0.417 e. The highest BCUT2D eigenvalue weighted by atomic mass is 28.4. The smallest absolute Gasteiger partial charge is 0.240 e. The van der Waals surface area contributed by atoms with Gasteiger partial charge >= 0.3 is 0 Å². The second-order valence-corrected chi connectivity index (χ2v) is 14.5. The van der Waals surface area contributed by atoms with Gasteiger partial charge in [0.05, 0.1) is 5.41 Å². The van der Waals surface area contributed by atoms with Gasteiger partial charge in [-0.3, -0.25) is 9.59 Å². The molecule has 2 rings (SSSR count). The lowest BCUT2D eigenvalue weighted by Gasteiger charge is -2.36. The van der Waals surface area contributed by atoms with E-state index >= 15 is 0 Å². The third-order valence-corrected chi connectivity index (χ3v) is 11.0. The van der Waals surface area contributed by atoms with Crippen molar-refractivity contribution in [1.82, 2.24) is 5.32 Å². The van der Waals surface area contributed by atoms with Crippen LogP contribution in [0.4, 0.5) is 0 Å². The molecule has 0 saturated carbocycles. The van der Waals surface area contributed by atoms with E-state index in [4.69, 9.17) is 10.2 Å². The van der Waals surface area contributed by atoms with E-state index in [9.17, 15) is 9.59 Å². The van der Waals surface area contributed by atoms with E-state index in [1.54, 1.807) is 0 Å². The first-order valence-corrected chi connectivity index (χ1v) is 13.7. The van der Waals surface area contributed by atoms with Crippen LogP contribution in [0.3, 0.4) is 0 Å². The Kier molecular flexibility index (Phi) is 7.84. The second-order valence-electron chi connectivity index (χ2n) is 9.68. The zero-order valence-electron chi connectivity index (χ0n) is 19.6. The Labute approximate surface area is 187 Å². The minimum Gasteiger partial charge on any atom is -0.417 e. The van der Waals surface area contributed by atoms with Crippen molar-refractivity contribution in [1.29, 1.82) is 0 Å². The number of hydrogen-bond donors (Lipinski definition) is 2. The van der Waals surface area contributed by atoms with E-state index < -0.39 is 25.7 Å². The molecule has 5 nitrogen and oxygen atoms in total. The molecule has 2 amide bonds. The molecule has 0 aliphatic carbocycles. The lowest BCUT2D eigenvalue weighted by molar-refractivity contribution is -0.130. The Balaban J connectivity index is 2.23. The van der Waals surface area contributed by atoms with Crippen molar-refractivity contribution < 1.29 is 14.0 Å². The van der Waals surface area contributed by atoms with Gasteiger partial charge in [0.25, 0.3) is 0 Å². The predicted octanol–water partition coefficient (Wildman–Crippen LogP) is 4.37. The maximum atomic E-state index is 13.5. The molecule has 0 aliphatic rings. The van der Waals surface area contributed by atoms with Gasteiger partial charge in [-0.15, -0.1) is 0 Å². The molecule has 0 bridgehead atoms. The van der Waals surface area contributed by atoms with Crippen LogP contribution in [0.25, 0.3) is 0 Å². The fraction of sp³-hybridized carbons (Fsp3) is 0.440. The van der Waals surface area contributed by atoms with E-state index in [2.05, 4.69) is 39.2 Å². The van der Waals surface area contributed by atoms with Gasteiger partial charge in [-0.05, 0) is 42.6 Å². The maximum absolute atomic E-state index is 13.5. The SMILES string of the molecule is CC(C(=O)N[C@@H](CCO[Si](C)(C)C(C)(C)C)C(N)=O)(c1ccccc1)c1ccccc1. The fourth-order valence-electron chi connectivity index (χ4n) is 3.21. The summed E-state index contributed by atoms with van der Waals surface area (Å²) in [7, 11) is -1.95. The molecule has 31 heavy (non-hydrogen) atoms. The summed E-state index contributed by atoms with van der Waals surface area (Å²) in [5.41, 5.74) is 6.38. The average molecular weight is 441 g/mol. The Bertz CT molecular complexity index is 837. The Morgan fingerprint density at radius 2 is 1.39 bits per heavy atom. The summed E-state index contributed by atoms with van der Waals surface area (Å²) >= 11 is 0. The zero-order chi connectivity index (χ0) is 23.3. The monoisotopic (exact) mass is 440 g/mol. The highest BCUT2D eigenvalue weighted by molar-refractivity contribution is 6.74. The van der Waals surface area contributed by atoms with Gasteiger partial charge in [0.1, 0.15) is 6.04 Å². The Hall–Kier alpha value is -2.44. The van der Waals surface area contributed by atoms with E-state index in [0.29, 0.717) is 13.0 Å². The summed E-state index contributed by atoms with van der Waals surface area (Å²) in [6, 6.07) is 18.3. The Morgan fingerprint density at radius 1 is 0.935 bits per heavy atom. The highest BCUT2D eigenvalue weighted by Crippen LogP contribution is 2.36. The summed E-state index contributed by atoms with van der Waals surface area (Å²) in [6.45, 7) is 13.1. The van der Waals surface area contributed by atoms with Crippen LogP contribution in [0.15, 0.2) is 60.7 Å². The molecule has 0 fully saturated rings. The number of nitrogens with two attached hydrogens (primary N) is 1. The van der Waals surface area contributed by atoms with Crippen molar-refractivity contribution in [3.63, 3.8) is 0 Å². The molecule has 3 N–H and O–H groups in total. The summed E-state index contributed by atoms with van der Waals surface area (Å²) in [6.07, 6.45) is 0.341. The van der Waals surface area contributed by atoms with Crippen molar-refractivity contribution in [3.8, 4) is 0 Å². The number of amides is 2. The van der Waals surface area contributed by atoms with Crippen LogP contribution in [0.1, 0.15) is 45.2 Å². The normalized spacial score (nSPS) is 13.5. The first-order valence-electron chi connectivity index (χ1n) is 10.7.